The van der Waals surface area contributed by atoms with E-state index in [-0.39, 0.29) is 24.7 Å². The molecule has 0 radical (unpaired) electrons. The number of aliphatic hydroxyl groups is 1. The molecule has 2 fully saturated rings. The van der Waals surface area contributed by atoms with Gasteiger partial charge < -0.3 is 24.3 Å². The van der Waals surface area contributed by atoms with Crippen LogP contribution in [0.4, 0.5) is 5.69 Å². The highest BCUT2D eigenvalue weighted by Crippen LogP contribution is 2.36. The fourth-order valence-corrected chi connectivity index (χ4v) is 5.84. The molecule has 4 heterocycles. The minimum absolute atomic E-state index is 0.189. The van der Waals surface area contributed by atoms with Crippen LogP contribution in [0.5, 0.6) is 5.88 Å². The molecule has 2 aromatic carbocycles. The SMILES string of the molecule is CS(C)(=O)=Nc1ccc(-c2ccc(-c3nc4c(C#N)c(O[C@@H]5CO[C@H]6[C@@H]5OC[C@H]6O)[nH]c4cc3Cl)cc2)cc1. The predicted molar refractivity (Wildman–Crippen MR) is 149 cm³/mol. The van der Waals surface area contributed by atoms with Crippen molar-refractivity contribution in [1.82, 2.24) is 9.97 Å². The number of nitrogens with zero attached hydrogens (tertiary/aromatic N) is 3. The fourth-order valence-electron chi connectivity index (χ4n) is 4.95. The smallest absolute Gasteiger partial charge is 0.212 e. The number of aliphatic hydroxyl groups excluding tert-OH is 1. The van der Waals surface area contributed by atoms with Crippen LogP contribution in [0, 0.1) is 11.3 Å². The predicted octanol–water partition coefficient (Wildman–Crippen LogP) is 4.69. The van der Waals surface area contributed by atoms with E-state index in [1.807, 2.05) is 48.5 Å². The van der Waals surface area contributed by atoms with Crippen LogP contribution in [-0.4, -0.2) is 69.4 Å². The number of ether oxygens (including phenoxy) is 3. The summed E-state index contributed by atoms with van der Waals surface area (Å²) in [4.78, 5) is 7.84. The second-order valence-electron chi connectivity index (χ2n) is 9.87. The van der Waals surface area contributed by atoms with Crippen LogP contribution in [-0.2, 0) is 19.2 Å². The number of H-pyrrole nitrogens is 1. The van der Waals surface area contributed by atoms with Crippen LogP contribution >= 0.6 is 11.6 Å². The molecule has 0 spiro atoms. The van der Waals surface area contributed by atoms with Gasteiger partial charge in [-0.1, -0.05) is 48.0 Å². The lowest BCUT2D eigenvalue weighted by molar-refractivity contribution is 0.00789. The Balaban J connectivity index is 1.28. The summed E-state index contributed by atoms with van der Waals surface area (Å²) in [7, 11) is -2.22. The van der Waals surface area contributed by atoms with Crippen molar-refractivity contribution in [2.45, 2.75) is 24.4 Å². The van der Waals surface area contributed by atoms with E-state index >= 15 is 0 Å². The zero-order valence-corrected chi connectivity index (χ0v) is 22.7. The Morgan fingerprint density at radius 1 is 1.08 bits per heavy atom. The average Bonchev–Trinajstić information content (AvgIpc) is 3.58. The van der Waals surface area contributed by atoms with Crippen LogP contribution in [0.1, 0.15) is 5.56 Å². The molecule has 2 saturated heterocycles. The van der Waals surface area contributed by atoms with Crippen LogP contribution in [0.2, 0.25) is 5.02 Å². The molecule has 0 bridgehead atoms. The van der Waals surface area contributed by atoms with E-state index in [4.69, 9.17) is 30.8 Å². The number of hydrogen-bond donors (Lipinski definition) is 2. The first-order valence-electron chi connectivity index (χ1n) is 12.3. The van der Waals surface area contributed by atoms with Gasteiger partial charge in [0, 0.05) is 27.8 Å². The molecule has 2 aliphatic rings. The highest BCUT2D eigenvalue weighted by atomic mass is 35.5. The number of nitriles is 1. The van der Waals surface area contributed by atoms with Crippen molar-refractivity contribution in [3.8, 4) is 34.3 Å². The van der Waals surface area contributed by atoms with Gasteiger partial charge >= 0.3 is 0 Å². The second kappa shape index (κ2) is 9.93. The quantitative estimate of drug-likeness (QED) is 0.360. The fraction of sp³-hybridized carbons (Fsp3) is 0.286. The topological polar surface area (TPSA) is 130 Å². The molecule has 0 unspecified atom stereocenters. The average molecular weight is 565 g/mol. The van der Waals surface area contributed by atoms with Crippen molar-refractivity contribution in [3.05, 3.63) is 65.2 Å². The van der Waals surface area contributed by atoms with Gasteiger partial charge in [0.2, 0.25) is 5.88 Å². The highest BCUT2D eigenvalue weighted by Gasteiger charge is 2.48. The van der Waals surface area contributed by atoms with Gasteiger partial charge in [-0.25, -0.2) is 9.19 Å². The van der Waals surface area contributed by atoms with E-state index in [0.717, 1.165) is 16.7 Å². The van der Waals surface area contributed by atoms with E-state index in [9.17, 15) is 14.6 Å². The Labute approximate surface area is 230 Å². The van der Waals surface area contributed by atoms with E-state index in [0.29, 0.717) is 27.4 Å². The Morgan fingerprint density at radius 2 is 1.72 bits per heavy atom. The number of hydrogen-bond acceptors (Lipinski definition) is 8. The molecule has 200 valence electrons. The zero-order chi connectivity index (χ0) is 27.3. The molecule has 2 N–H and O–H groups in total. The summed E-state index contributed by atoms with van der Waals surface area (Å²) < 4.78 is 33.5. The molecule has 11 heteroatoms. The summed E-state index contributed by atoms with van der Waals surface area (Å²) in [5, 5.41) is 20.4. The van der Waals surface area contributed by atoms with Crippen molar-refractivity contribution in [1.29, 1.82) is 5.26 Å². The van der Waals surface area contributed by atoms with Crippen molar-refractivity contribution < 1.29 is 23.5 Å². The summed E-state index contributed by atoms with van der Waals surface area (Å²) in [6.45, 7) is 0.432. The van der Waals surface area contributed by atoms with Gasteiger partial charge in [0.15, 0.2) is 6.10 Å². The maximum absolute atomic E-state index is 11.9. The Morgan fingerprint density at radius 3 is 2.38 bits per heavy atom. The number of halogens is 1. The molecule has 9 nitrogen and oxygen atoms in total. The Kier molecular flexibility index (Phi) is 6.57. The van der Waals surface area contributed by atoms with E-state index < -0.39 is 34.1 Å². The van der Waals surface area contributed by atoms with E-state index in [2.05, 4.69) is 15.4 Å². The molecule has 0 aliphatic carbocycles. The number of fused-ring (bicyclic) bond motifs is 2. The summed E-state index contributed by atoms with van der Waals surface area (Å²) >= 11 is 6.62. The second-order valence-corrected chi connectivity index (χ2v) is 12.8. The standard InChI is InChI=1S/C28H25ClN4O5S/c1-39(2,35)33-18-9-7-16(8-10-18)15-3-5-17(6-4-15)24-20(29)11-21-25(32-24)19(12-30)28(31-21)38-23-14-37-26-22(34)13-36-27(23)26/h3-11,22-23,26-27,31,34H,13-14H2,1-2H3/t22-,23-,26-,27-/m1/s1. The van der Waals surface area contributed by atoms with Crippen molar-refractivity contribution in [2.24, 2.45) is 4.36 Å². The highest BCUT2D eigenvalue weighted by molar-refractivity contribution is 7.92. The Hall–Kier alpha value is -3.46. The number of nitrogens with one attached hydrogen (secondary N) is 1. The molecule has 0 amide bonds. The maximum Gasteiger partial charge on any atom is 0.212 e. The monoisotopic (exact) mass is 564 g/mol. The first-order chi connectivity index (χ1) is 18.7. The molecule has 2 aliphatic heterocycles. The first kappa shape index (κ1) is 25.8. The van der Waals surface area contributed by atoms with Gasteiger partial charge in [-0.2, -0.15) is 9.62 Å². The van der Waals surface area contributed by atoms with Gasteiger partial charge in [0.1, 0.15) is 35.5 Å². The van der Waals surface area contributed by atoms with Gasteiger partial charge in [-0.15, -0.1) is 0 Å². The largest absolute Gasteiger partial charge is 0.469 e. The summed E-state index contributed by atoms with van der Waals surface area (Å²) in [6.07, 6.45) is 1.20. The molecule has 4 aromatic rings. The van der Waals surface area contributed by atoms with Crippen molar-refractivity contribution >= 4 is 38.1 Å². The van der Waals surface area contributed by atoms with Crippen LogP contribution in [0.3, 0.4) is 0 Å². The zero-order valence-electron chi connectivity index (χ0n) is 21.1. The molecule has 6 rings (SSSR count). The summed E-state index contributed by atoms with van der Waals surface area (Å²) in [6, 6.07) is 19.3. The first-order valence-corrected chi connectivity index (χ1v) is 15.0. The number of aromatic nitrogens is 2. The van der Waals surface area contributed by atoms with Gasteiger partial charge in [-0.05, 0) is 29.3 Å². The number of pyridine rings is 1. The third-order valence-electron chi connectivity index (χ3n) is 6.74. The lowest BCUT2D eigenvalue weighted by Gasteiger charge is -2.16. The normalized spacial score (nSPS) is 22.5. The van der Waals surface area contributed by atoms with E-state index in [1.54, 1.807) is 18.6 Å². The summed E-state index contributed by atoms with van der Waals surface area (Å²) in [5.41, 5.74) is 5.26. The molecular formula is C28H25ClN4O5S. The minimum Gasteiger partial charge on any atom is -0.469 e. The number of benzene rings is 2. The van der Waals surface area contributed by atoms with Gasteiger partial charge in [0.25, 0.3) is 0 Å². The van der Waals surface area contributed by atoms with Crippen LogP contribution in [0.15, 0.2) is 59.0 Å². The number of aromatic amines is 1. The third-order valence-corrected chi connectivity index (χ3v) is 7.67. The molecule has 4 atom stereocenters. The third kappa shape index (κ3) is 5.00. The van der Waals surface area contributed by atoms with Gasteiger partial charge in [0.05, 0.1) is 35.1 Å². The molecule has 0 saturated carbocycles. The number of rotatable bonds is 5. The van der Waals surface area contributed by atoms with Crippen LogP contribution < -0.4 is 4.74 Å². The molecule has 39 heavy (non-hydrogen) atoms. The maximum atomic E-state index is 11.9. The molecular weight excluding hydrogens is 540 g/mol. The van der Waals surface area contributed by atoms with E-state index in [1.165, 1.54) is 0 Å². The summed E-state index contributed by atoms with van der Waals surface area (Å²) in [5.74, 6) is 0.264. The minimum atomic E-state index is -2.22. The van der Waals surface area contributed by atoms with Crippen molar-refractivity contribution in [2.75, 3.05) is 25.7 Å². The molecule has 2 aromatic heterocycles. The lowest BCUT2D eigenvalue weighted by Crippen LogP contribution is -2.34. The lowest BCUT2D eigenvalue weighted by atomic mass is 10.0. The van der Waals surface area contributed by atoms with Gasteiger partial charge in [-0.3, -0.25) is 0 Å². The Bertz CT molecular complexity index is 1710. The van der Waals surface area contributed by atoms with Crippen molar-refractivity contribution in [3.63, 3.8) is 0 Å². The van der Waals surface area contributed by atoms with Crippen LogP contribution in [0.25, 0.3) is 33.4 Å².